The highest BCUT2D eigenvalue weighted by Gasteiger charge is 2.25. The smallest absolute Gasteiger partial charge is 0.138 e. The van der Waals surface area contributed by atoms with Crippen LogP contribution in [0.4, 0.5) is 0 Å². The SMILES string of the molecule is CCCCCCC(=O)C(C)(C)CCC. The minimum Gasteiger partial charge on any atom is -0.299 e. The zero-order valence-electron chi connectivity index (χ0n) is 10.4. The minimum absolute atomic E-state index is 0.0824. The molecule has 1 heteroatoms. The summed E-state index contributed by atoms with van der Waals surface area (Å²) >= 11 is 0. The van der Waals surface area contributed by atoms with E-state index in [1.807, 2.05) is 0 Å². The van der Waals surface area contributed by atoms with Crippen LogP contribution in [0.3, 0.4) is 0 Å². The molecule has 84 valence electrons. The molecule has 0 spiro atoms. The van der Waals surface area contributed by atoms with E-state index in [1.54, 1.807) is 0 Å². The van der Waals surface area contributed by atoms with Gasteiger partial charge in [0.15, 0.2) is 0 Å². The maximum absolute atomic E-state index is 11.8. The average molecular weight is 198 g/mol. The largest absolute Gasteiger partial charge is 0.299 e. The van der Waals surface area contributed by atoms with Crippen molar-refractivity contribution in [2.45, 2.75) is 72.6 Å². The number of Topliss-reactive ketones (excluding diaryl/α,β-unsaturated/α-hetero) is 1. The molecule has 0 saturated carbocycles. The van der Waals surface area contributed by atoms with Crippen LogP contribution in [0.1, 0.15) is 72.6 Å². The lowest BCUT2D eigenvalue weighted by atomic mass is 9.81. The van der Waals surface area contributed by atoms with Crippen LogP contribution in [-0.4, -0.2) is 5.78 Å². The quantitative estimate of drug-likeness (QED) is 0.530. The lowest BCUT2D eigenvalue weighted by molar-refractivity contribution is -0.127. The lowest BCUT2D eigenvalue weighted by Gasteiger charge is -2.22. The third kappa shape index (κ3) is 5.41. The van der Waals surface area contributed by atoms with Crippen LogP contribution in [0.25, 0.3) is 0 Å². The van der Waals surface area contributed by atoms with Crippen LogP contribution >= 0.6 is 0 Å². The molecule has 0 aromatic carbocycles. The molecule has 0 rings (SSSR count). The van der Waals surface area contributed by atoms with Crippen molar-refractivity contribution in [2.24, 2.45) is 5.41 Å². The van der Waals surface area contributed by atoms with Gasteiger partial charge in [-0.3, -0.25) is 4.79 Å². The third-order valence-corrected chi connectivity index (χ3v) is 2.89. The Labute approximate surface area is 89.3 Å². The van der Waals surface area contributed by atoms with Crippen molar-refractivity contribution < 1.29 is 4.79 Å². The van der Waals surface area contributed by atoms with Crippen molar-refractivity contribution in [3.8, 4) is 0 Å². The number of carbonyl (C=O) groups excluding carboxylic acids is 1. The molecule has 0 aliphatic rings. The Morgan fingerprint density at radius 1 is 1.00 bits per heavy atom. The molecule has 0 aromatic rings. The van der Waals surface area contributed by atoms with Crippen molar-refractivity contribution in [2.75, 3.05) is 0 Å². The van der Waals surface area contributed by atoms with Gasteiger partial charge in [0, 0.05) is 11.8 Å². The van der Waals surface area contributed by atoms with E-state index in [0.717, 1.165) is 25.7 Å². The maximum atomic E-state index is 11.8. The van der Waals surface area contributed by atoms with E-state index in [1.165, 1.54) is 19.3 Å². The summed E-state index contributed by atoms with van der Waals surface area (Å²) in [5.41, 5.74) is -0.0824. The van der Waals surface area contributed by atoms with Crippen LogP contribution in [0, 0.1) is 5.41 Å². The summed E-state index contributed by atoms with van der Waals surface area (Å²) in [6, 6.07) is 0. The van der Waals surface area contributed by atoms with E-state index < -0.39 is 0 Å². The van der Waals surface area contributed by atoms with Gasteiger partial charge in [-0.15, -0.1) is 0 Å². The van der Waals surface area contributed by atoms with Gasteiger partial charge in [0.1, 0.15) is 5.78 Å². The molecule has 0 saturated heterocycles. The fourth-order valence-electron chi connectivity index (χ4n) is 1.82. The Hall–Kier alpha value is -0.330. The number of ketones is 1. The van der Waals surface area contributed by atoms with Gasteiger partial charge in [0.25, 0.3) is 0 Å². The number of rotatable bonds is 8. The number of carbonyl (C=O) groups is 1. The standard InChI is InChI=1S/C13H26O/c1-5-7-8-9-10-12(14)13(3,4)11-6-2/h5-11H2,1-4H3. The Balaban J connectivity index is 3.71. The van der Waals surface area contributed by atoms with Crippen LogP contribution in [0.5, 0.6) is 0 Å². The Morgan fingerprint density at radius 3 is 2.14 bits per heavy atom. The number of unbranched alkanes of at least 4 members (excludes halogenated alkanes) is 3. The van der Waals surface area contributed by atoms with Crippen molar-refractivity contribution in [1.29, 1.82) is 0 Å². The van der Waals surface area contributed by atoms with Gasteiger partial charge >= 0.3 is 0 Å². The Kier molecular flexibility index (Phi) is 6.86. The lowest BCUT2D eigenvalue weighted by Crippen LogP contribution is -2.23. The zero-order valence-corrected chi connectivity index (χ0v) is 10.4. The molecular formula is C13H26O. The molecule has 14 heavy (non-hydrogen) atoms. The monoisotopic (exact) mass is 198 g/mol. The number of hydrogen-bond acceptors (Lipinski definition) is 1. The highest BCUT2D eigenvalue weighted by molar-refractivity contribution is 5.83. The molecule has 1 nitrogen and oxygen atoms in total. The molecule has 0 N–H and O–H groups in total. The average Bonchev–Trinajstić information content (AvgIpc) is 2.12. The number of hydrogen-bond donors (Lipinski definition) is 0. The molecule has 0 heterocycles. The van der Waals surface area contributed by atoms with Crippen LogP contribution in [-0.2, 0) is 4.79 Å². The first-order valence-corrected chi connectivity index (χ1v) is 6.08. The first-order valence-electron chi connectivity index (χ1n) is 6.08. The molecule has 0 aliphatic heterocycles. The second-order valence-electron chi connectivity index (χ2n) is 4.87. The maximum Gasteiger partial charge on any atom is 0.138 e. The summed E-state index contributed by atoms with van der Waals surface area (Å²) in [5.74, 6) is 0.454. The topological polar surface area (TPSA) is 17.1 Å². The third-order valence-electron chi connectivity index (χ3n) is 2.89. The molecule has 0 aromatic heterocycles. The molecule has 0 fully saturated rings. The first kappa shape index (κ1) is 13.7. The fraction of sp³-hybridized carbons (Fsp3) is 0.923. The van der Waals surface area contributed by atoms with E-state index in [2.05, 4.69) is 27.7 Å². The predicted molar refractivity (Wildman–Crippen MR) is 62.5 cm³/mol. The van der Waals surface area contributed by atoms with Gasteiger partial charge in [-0.25, -0.2) is 0 Å². The molecular weight excluding hydrogens is 172 g/mol. The predicted octanol–water partition coefficient (Wildman–Crippen LogP) is 4.35. The first-order chi connectivity index (χ1) is 6.54. The van der Waals surface area contributed by atoms with Gasteiger partial charge in [-0.1, -0.05) is 53.4 Å². The molecule has 0 bridgehead atoms. The van der Waals surface area contributed by atoms with E-state index in [9.17, 15) is 4.79 Å². The van der Waals surface area contributed by atoms with Gasteiger partial charge < -0.3 is 0 Å². The van der Waals surface area contributed by atoms with Crippen molar-refractivity contribution >= 4 is 5.78 Å². The zero-order chi connectivity index (χ0) is 11.0. The summed E-state index contributed by atoms with van der Waals surface area (Å²) in [7, 11) is 0. The summed E-state index contributed by atoms with van der Waals surface area (Å²) in [6.45, 7) is 8.51. The van der Waals surface area contributed by atoms with E-state index in [-0.39, 0.29) is 5.41 Å². The van der Waals surface area contributed by atoms with Gasteiger partial charge in [-0.05, 0) is 12.8 Å². The highest BCUT2D eigenvalue weighted by Crippen LogP contribution is 2.25. The van der Waals surface area contributed by atoms with Crippen molar-refractivity contribution in [1.82, 2.24) is 0 Å². The Bertz CT molecular complexity index is 159. The van der Waals surface area contributed by atoms with Crippen LogP contribution in [0.2, 0.25) is 0 Å². The second-order valence-corrected chi connectivity index (χ2v) is 4.87. The molecule has 0 atom stereocenters. The van der Waals surface area contributed by atoms with E-state index in [0.29, 0.717) is 5.78 Å². The van der Waals surface area contributed by atoms with E-state index >= 15 is 0 Å². The Morgan fingerprint density at radius 2 is 1.64 bits per heavy atom. The molecule has 0 aliphatic carbocycles. The summed E-state index contributed by atoms with van der Waals surface area (Å²) in [6.07, 6.45) is 7.72. The van der Waals surface area contributed by atoms with E-state index in [4.69, 9.17) is 0 Å². The van der Waals surface area contributed by atoms with Crippen LogP contribution in [0.15, 0.2) is 0 Å². The van der Waals surface area contributed by atoms with Crippen molar-refractivity contribution in [3.63, 3.8) is 0 Å². The molecule has 0 radical (unpaired) electrons. The highest BCUT2D eigenvalue weighted by atomic mass is 16.1. The summed E-state index contributed by atoms with van der Waals surface area (Å²) in [5, 5.41) is 0. The van der Waals surface area contributed by atoms with Crippen LogP contribution < -0.4 is 0 Å². The molecule has 0 unspecified atom stereocenters. The fourth-order valence-corrected chi connectivity index (χ4v) is 1.82. The van der Waals surface area contributed by atoms with Gasteiger partial charge in [0.2, 0.25) is 0 Å². The normalized spacial score (nSPS) is 11.7. The van der Waals surface area contributed by atoms with Gasteiger partial charge in [-0.2, -0.15) is 0 Å². The van der Waals surface area contributed by atoms with Gasteiger partial charge in [0.05, 0.1) is 0 Å². The van der Waals surface area contributed by atoms with Crippen molar-refractivity contribution in [3.05, 3.63) is 0 Å². The minimum atomic E-state index is -0.0824. The summed E-state index contributed by atoms with van der Waals surface area (Å²) < 4.78 is 0. The summed E-state index contributed by atoms with van der Waals surface area (Å²) in [4.78, 5) is 11.8. The second kappa shape index (κ2) is 7.03. The molecule has 0 amide bonds.